The van der Waals surface area contributed by atoms with Gasteiger partial charge in [0.25, 0.3) is 0 Å². The SMILES string of the molecule is CC(C)OC(=O)C1=C(C(C)C)NC(=O)NC1c1cccc(OC(C)C)c1. The van der Waals surface area contributed by atoms with E-state index in [-0.39, 0.29) is 24.2 Å². The molecule has 2 rings (SSSR count). The fraction of sp³-hybridized carbons (Fsp3) is 0.500. The van der Waals surface area contributed by atoms with Crippen LogP contribution in [0.4, 0.5) is 4.79 Å². The van der Waals surface area contributed by atoms with Crippen molar-refractivity contribution in [2.75, 3.05) is 0 Å². The van der Waals surface area contributed by atoms with Gasteiger partial charge in [-0.2, -0.15) is 0 Å². The van der Waals surface area contributed by atoms with Crippen LogP contribution in [0, 0.1) is 5.92 Å². The van der Waals surface area contributed by atoms with Crippen LogP contribution in [0.15, 0.2) is 35.5 Å². The molecule has 0 aromatic heterocycles. The van der Waals surface area contributed by atoms with E-state index in [9.17, 15) is 9.59 Å². The largest absolute Gasteiger partial charge is 0.491 e. The first-order valence-corrected chi connectivity index (χ1v) is 8.98. The standard InChI is InChI=1S/C20H28N2O4/c1-11(2)17-16(19(23)26-13(5)6)18(22-20(24)21-17)14-8-7-9-15(10-14)25-12(3)4/h7-13,18H,1-6H3,(H2,21,22,24). The molecule has 1 aliphatic rings. The van der Waals surface area contributed by atoms with Gasteiger partial charge in [-0.15, -0.1) is 0 Å². The van der Waals surface area contributed by atoms with E-state index in [2.05, 4.69) is 10.6 Å². The highest BCUT2D eigenvalue weighted by molar-refractivity contribution is 5.95. The van der Waals surface area contributed by atoms with Crippen LogP contribution in [-0.4, -0.2) is 24.2 Å². The molecule has 6 heteroatoms. The minimum Gasteiger partial charge on any atom is -0.491 e. The third-order valence-corrected chi connectivity index (χ3v) is 3.81. The maximum absolute atomic E-state index is 12.8. The van der Waals surface area contributed by atoms with Crippen LogP contribution in [0.2, 0.25) is 0 Å². The third kappa shape index (κ3) is 4.77. The van der Waals surface area contributed by atoms with Gasteiger partial charge in [0, 0.05) is 5.70 Å². The first-order chi connectivity index (χ1) is 12.2. The lowest BCUT2D eigenvalue weighted by Crippen LogP contribution is -2.47. The van der Waals surface area contributed by atoms with Crippen LogP contribution in [0.5, 0.6) is 5.75 Å². The van der Waals surface area contributed by atoms with Crippen LogP contribution in [0.25, 0.3) is 0 Å². The van der Waals surface area contributed by atoms with Crippen LogP contribution in [0.3, 0.4) is 0 Å². The van der Waals surface area contributed by atoms with E-state index in [4.69, 9.17) is 9.47 Å². The quantitative estimate of drug-likeness (QED) is 0.759. The van der Waals surface area contributed by atoms with E-state index in [1.165, 1.54) is 0 Å². The van der Waals surface area contributed by atoms with Crippen molar-refractivity contribution in [2.45, 2.75) is 59.8 Å². The highest BCUT2D eigenvalue weighted by Gasteiger charge is 2.35. The average Bonchev–Trinajstić information content (AvgIpc) is 2.52. The Hall–Kier alpha value is -2.50. The molecule has 0 spiro atoms. The Labute approximate surface area is 154 Å². The maximum atomic E-state index is 12.8. The number of hydrogen-bond acceptors (Lipinski definition) is 4. The molecule has 0 aliphatic carbocycles. The van der Waals surface area contributed by atoms with Gasteiger partial charge in [0.1, 0.15) is 5.75 Å². The van der Waals surface area contributed by atoms with Gasteiger partial charge in [-0.1, -0.05) is 26.0 Å². The molecule has 1 unspecified atom stereocenters. The highest BCUT2D eigenvalue weighted by Crippen LogP contribution is 2.32. The number of esters is 1. The first-order valence-electron chi connectivity index (χ1n) is 8.98. The molecule has 0 saturated carbocycles. The van der Waals surface area contributed by atoms with E-state index >= 15 is 0 Å². The topological polar surface area (TPSA) is 76.7 Å². The summed E-state index contributed by atoms with van der Waals surface area (Å²) in [5.74, 6) is 0.220. The smallest absolute Gasteiger partial charge is 0.338 e. The van der Waals surface area contributed by atoms with Crippen molar-refractivity contribution in [3.05, 3.63) is 41.1 Å². The number of carbonyl (C=O) groups is 2. The zero-order valence-corrected chi connectivity index (χ0v) is 16.3. The van der Waals surface area contributed by atoms with Gasteiger partial charge in [0.2, 0.25) is 0 Å². The Morgan fingerprint density at radius 1 is 1.08 bits per heavy atom. The van der Waals surface area contributed by atoms with E-state index in [0.29, 0.717) is 17.0 Å². The fourth-order valence-corrected chi connectivity index (χ4v) is 2.83. The summed E-state index contributed by atoms with van der Waals surface area (Å²) in [7, 11) is 0. The molecule has 1 heterocycles. The molecule has 0 saturated heterocycles. The summed E-state index contributed by atoms with van der Waals surface area (Å²) in [5.41, 5.74) is 1.78. The van der Waals surface area contributed by atoms with Crippen molar-refractivity contribution in [2.24, 2.45) is 5.92 Å². The van der Waals surface area contributed by atoms with Crippen molar-refractivity contribution >= 4 is 12.0 Å². The van der Waals surface area contributed by atoms with Crippen LogP contribution in [0.1, 0.15) is 53.1 Å². The molecule has 142 valence electrons. The number of carbonyl (C=O) groups excluding carboxylic acids is 2. The molecule has 0 bridgehead atoms. The van der Waals surface area contributed by atoms with Gasteiger partial charge >= 0.3 is 12.0 Å². The summed E-state index contributed by atoms with van der Waals surface area (Å²) in [4.78, 5) is 24.9. The van der Waals surface area contributed by atoms with Crippen LogP contribution in [-0.2, 0) is 9.53 Å². The second kappa shape index (κ2) is 8.25. The van der Waals surface area contributed by atoms with Gasteiger partial charge in [-0.3, -0.25) is 0 Å². The van der Waals surface area contributed by atoms with Crippen molar-refractivity contribution in [3.63, 3.8) is 0 Å². The summed E-state index contributed by atoms with van der Waals surface area (Å²) in [6, 6.07) is 6.48. The Morgan fingerprint density at radius 2 is 1.77 bits per heavy atom. The predicted octanol–water partition coefficient (Wildman–Crippen LogP) is 3.69. The van der Waals surface area contributed by atoms with Gasteiger partial charge in [-0.25, -0.2) is 9.59 Å². The van der Waals surface area contributed by atoms with Gasteiger partial charge in [0.05, 0.1) is 23.8 Å². The van der Waals surface area contributed by atoms with Crippen molar-refractivity contribution in [1.29, 1.82) is 0 Å². The number of ether oxygens (including phenoxy) is 2. The number of urea groups is 1. The number of nitrogens with one attached hydrogen (secondary N) is 2. The monoisotopic (exact) mass is 360 g/mol. The van der Waals surface area contributed by atoms with Crippen molar-refractivity contribution in [1.82, 2.24) is 10.6 Å². The predicted molar refractivity (Wildman–Crippen MR) is 99.7 cm³/mol. The molecule has 26 heavy (non-hydrogen) atoms. The number of benzene rings is 1. The summed E-state index contributed by atoms with van der Waals surface area (Å²) in [6.07, 6.45) is -0.225. The molecule has 1 aromatic rings. The highest BCUT2D eigenvalue weighted by atomic mass is 16.5. The normalized spacial score (nSPS) is 17.4. The van der Waals surface area contributed by atoms with E-state index in [0.717, 1.165) is 5.56 Å². The van der Waals surface area contributed by atoms with E-state index < -0.39 is 12.0 Å². The van der Waals surface area contributed by atoms with E-state index in [1.807, 2.05) is 52.0 Å². The molecular weight excluding hydrogens is 332 g/mol. The van der Waals surface area contributed by atoms with Gasteiger partial charge in [-0.05, 0) is 51.3 Å². The molecule has 0 radical (unpaired) electrons. The van der Waals surface area contributed by atoms with Crippen molar-refractivity contribution in [3.8, 4) is 5.75 Å². The van der Waals surface area contributed by atoms with Crippen LogP contribution >= 0.6 is 0 Å². The van der Waals surface area contributed by atoms with Crippen molar-refractivity contribution < 1.29 is 19.1 Å². The Kier molecular flexibility index (Phi) is 6.29. The number of hydrogen-bond donors (Lipinski definition) is 2. The summed E-state index contributed by atoms with van der Waals surface area (Å²) < 4.78 is 11.2. The third-order valence-electron chi connectivity index (χ3n) is 3.81. The second-order valence-electron chi connectivity index (χ2n) is 7.21. The lowest BCUT2D eigenvalue weighted by atomic mass is 9.91. The Morgan fingerprint density at radius 3 is 2.35 bits per heavy atom. The molecule has 1 aromatic carbocycles. The van der Waals surface area contributed by atoms with Gasteiger partial charge < -0.3 is 20.1 Å². The second-order valence-corrected chi connectivity index (χ2v) is 7.21. The molecule has 0 fully saturated rings. The van der Waals surface area contributed by atoms with Crippen LogP contribution < -0.4 is 15.4 Å². The summed E-state index contributed by atoms with van der Waals surface area (Å²) in [5, 5.41) is 5.60. The number of amides is 2. The zero-order chi connectivity index (χ0) is 19.4. The molecule has 1 atom stereocenters. The number of allylic oxidation sites excluding steroid dienone is 1. The lowest BCUT2D eigenvalue weighted by Gasteiger charge is -2.31. The van der Waals surface area contributed by atoms with Gasteiger partial charge in [0.15, 0.2) is 0 Å². The number of rotatable bonds is 6. The van der Waals surface area contributed by atoms with E-state index in [1.54, 1.807) is 13.8 Å². The zero-order valence-electron chi connectivity index (χ0n) is 16.3. The molecule has 1 aliphatic heterocycles. The molecule has 2 N–H and O–H groups in total. The summed E-state index contributed by atoms with van der Waals surface area (Å²) >= 11 is 0. The molecule has 2 amide bonds. The first kappa shape index (κ1) is 19.8. The molecule has 6 nitrogen and oxygen atoms in total. The molecular formula is C20H28N2O4. The fourth-order valence-electron chi connectivity index (χ4n) is 2.83. The average molecular weight is 360 g/mol. The maximum Gasteiger partial charge on any atom is 0.338 e. The lowest BCUT2D eigenvalue weighted by molar-refractivity contribution is -0.143. The Bertz CT molecular complexity index is 708. The Balaban J connectivity index is 2.50. The minimum atomic E-state index is -0.594. The summed E-state index contributed by atoms with van der Waals surface area (Å²) in [6.45, 7) is 11.4. The minimum absolute atomic E-state index is 0.0278.